The molecule has 0 saturated heterocycles. The topological polar surface area (TPSA) is 16.1 Å². The minimum Gasteiger partial charge on any atom is -0.353 e. The Labute approximate surface area is 95.7 Å². The minimum absolute atomic E-state index is 0. The van der Waals surface area contributed by atoms with E-state index in [-0.39, 0.29) is 24.0 Å². The molecule has 0 amide bonds. The fourth-order valence-corrected chi connectivity index (χ4v) is 1.40. The van der Waals surface area contributed by atoms with Crippen LogP contribution in [-0.2, 0) is 0 Å². The van der Waals surface area contributed by atoms with Crippen molar-refractivity contribution < 1.29 is 0 Å². The highest BCUT2D eigenvalue weighted by Crippen LogP contribution is 2.24. The van der Waals surface area contributed by atoms with E-state index in [4.69, 9.17) is 0 Å². The summed E-state index contributed by atoms with van der Waals surface area (Å²) in [6, 6.07) is 4.50. The van der Waals surface area contributed by atoms with E-state index in [9.17, 15) is 0 Å². The molecule has 2 nitrogen and oxygen atoms in total. The van der Waals surface area contributed by atoms with Gasteiger partial charge in [-0.25, -0.2) is 4.98 Å². The zero-order chi connectivity index (χ0) is 8.55. The third-order valence-electron chi connectivity index (χ3n) is 2.32. The van der Waals surface area contributed by atoms with E-state index in [0.29, 0.717) is 6.04 Å². The second kappa shape index (κ2) is 4.09. The summed E-state index contributed by atoms with van der Waals surface area (Å²) in [7, 11) is 2.07. The lowest BCUT2D eigenvalue weighted by Gasteiger charge is -2.28. The number of hydrogen-bond donors (Lipinski definition) is 0. The van der Waals surface area contributed by atoms with E-state index in [2.05, 4.69) is 42.1 Å². The molecule has 0 bridgehead atoms. The molecular weight excluding hydrogens is 275 g/mol. The summed E-state index contributed by atoms with van der Waals surface area (Å²) in [5, 5.41) is 0. The number of pyridine rings is 1. The van der Waals surface area contributed by atoms with Crippen molar-refractivity contribution in [2.45, 2.75) is 13.0 Å². The largest absolute Gasteiger partial charge is 0.353 e. The number of anilines is 1. The van der Waals surface area contributed by atoms with Gasteiger partial charge in [-0.15, -0.1) is 24.0 Å². The van der Waals surface area contributed by atoms with Crippen molar-refractivity contribution >= 4 is 35.9 Å². The van der Waals surface area contributed by atoms with Gasteiger partial charge < -0.3 is 4.90 Å². The Morgan fingerprint density at radius 2 is 2.23 bits per heavy atom. The molecule has 3 heteroatoms. The van der Waals surface area contributed by atoms with E-state index in [1.807, 2.05) is 12.3 Å². The molecule has 0 radical (unpaired) electrons. The van der Waals surface area contributed by atoms with Crippen molar-refractivity contribution in [3.63, 3.8) is 0 Å². The molecule has 2 rings (SSSR count). The van der Waals surface area contributed by atoms with E-state index >= 15 is 0 Å². The quantitative estimate of drug-likeness (QED) is 0.682. The fourth-order valence-electron chi connectivity index (χ4n) is 1.40. The Hall–Kier alpha value is -0.580. The van der Waals surface area contributed by atoms with Crippen LogP contribution in [0.5, 0.6) is 0 Å². The molecule has 70 valence electrons. The first-order valence-electron chi connectivity index (χ1n) is 4.15. The Morgan fingerprint density at radius 3 is 3.00 bits per heavy atom. The van der Waals surface area contributed by atoms with Gasteiger partial charge in [0, 0.05) is 24.8 Å². The van der Waals surface area contributed by atoms with E-state index < -0.39 is 0 Å². The number of likely N-dealkylation sites (N-methyl/N-ethyl adjacent to an activating group) is 1. The summed E-state index contributed by atoms with van der Waals surface area (Å²) in [6.07, 6.45) is 6.15. The highest BCUT2D eigenvalue weighted by atomic mass is 127. The standard InChI is InChI=1S/C10H12N2.HI/c1-8-5-6-9-4-3-7-11-10(9)12(8)2;/h3-8H,1-2H3;1H. The van der Waals surface area contributed by atoms with Crippen molar-refractivity contribution in [1.29, 1.82) is 0 Å². The van der Waals surface area contributed by atoms with Gasteiger partial charge in [-0.1, -0.05) is 12.2 Å². The lowest BCUT2D eigenvalue weighted by Crippen LogP contribution is -2.30. The summed E-state index contributed by atoms with van der Waals surface area (Å²) in [4.78, 5) is 6.50. The van der Waals surface area contributed by atoms with E-state index in [1.165, 1.54) is 5.56 Å². The average Bonchev–Trinajstić information content (AvgIpc) is 2.12. The number of nitrogens with zero attached hydrogens (tertiary/aromatic N) is 2. The molecule has 13 heavy (non-hydrogen) atoms. The molecule has 0 fully saturated rings. The van der Waals surface area contributed by atoms with Crippen LogP contribution >= 0.6 is 24.0 Å². The van der Waals surface area contributed by atoms with Gasteiger partial charge >= 0.3 is 0 Å². The van der Waals surface area contributed by atoms with Crippen molar-refractivity contribution in [3.05, 3.63) is 30.0 Å². The molecule has 1 aliphatic heterocycles. The first-order chi connectivity index (χ1) is 5.79. The number of aromatic nitrogens is 1. The Balaban J connectivity index is 0.000000845. The van der Waals surface area contributed by atoms with Crippen molar-refractivity contribution in [2.24, 2.45) is 0 Å². The molecule has 2 heterocycles. The highest BCUT2D eigenvalue weighted by Gasteiger charge is 2.14. The van der Waals surface area contributed by atoms with E-state index in [0.717, 1.165) is 5.82 Å². The number of fused-ring (bicyclic) bond motifs is 1. The SMILES string of the molecule is CC1C=Cc2cccnc2N1C.I. The normalized spacial score (nSPS) is 19.2. The predicted octanol–water partition coefficient (Wildman–Crippen LogP) is 2.55. The van der Waals surface area contributed by atoms with Gasteiger partial charge in [0.05, 0.1) is 0 Å². The first kappa shape index (κ1) is 10.5. The molecule has 1 aromatic heterocycles. The molecule has 0 saturated carbocycles. The lowest BCUT2D eigenvalue weighted by atomic mass is 10.1. The molecule has 0 N–H and O–H groups in total. The highest BCUT2D eigenvalue weighted by molar-refractivity contribution is 14.0. The van der Waals surface area contributed by atoms with Crippen LogP contribution in [0.4, 0.5) is 5.82 Å². The van der Waals surface area contributed by atoms with E-state index in [1.54, 1.807) is 0 Å². The van der Waals surface area contributed by atoms with Crippen molar-refractivity contribution in [3.8, 4) is 0 Å². The molecule has 1 unspecified atom stereocenters. The summed E-state index contributed by atoms with van der Waals surface area (Å²) < 4.78 is 0. The average molecular weight is 288 g/mol. The first-order valence-corrected chi connectivity index (χ1v) is 4.15. The number of rotatable bonds is 0. The maximum absolute atomic E-state index is 4.33. The van der Waals surface area contributed by atoms with Gasteiger partial charge in [-0.3, -0.25) is 0 Å². The summed E-state index contributed by atoms with van der Waals surface area (Å²) >= 11 is 0. The van der Waals surface area contributed by atoms with Crippen LogP contribution in [0.25, 0.3) is 6.08 Å². The fraction of sp³-hybridized carbons (Fsp3) is 0.300. The van der Waals surface area contributed by atoms with Gasteiger partial charge in [0.1, 0.15) is 5.82 Å². The Bertz CT molecular complexity index is 322. The zero-order valence-corrected chi connectivity index (χ0v) is 10.1. The van der Waals surface area contributed by atoms with Crippen LogP contribution in [0.15, 0.2) is 24.4 Å². The van der Waals surface area contributed by atoms with Crippen LogP contribution in [0.2, 0.25) is 0 Å². The molecule has 0 aliphatic carbocycles. The summed E-state index contributed by atoms with van der Waals surface area (Å²) in [6.45, 7) is 2.16. The van der Waals surface area contributed by atoms with Gasteiger partial charge in [-0.05, 0) is 19.1 Å². The zero-order valence-electron chi connectivity index (χ0n) is 7.77. The predicted molar refractivity (Wildman–Crippen MR) is 66.6 cm³/mol. The molecule has 1 aromatic rings. The summed E-state index contributed by atoms with van der Waals surface area (Å²) in [5.41, 5.74) is 1.21. The molecular formula is C10H13IN2. The maximum Gasteiger partial charge on any atom is 0.136 e. The van der Waals surface area contributed by atoms with Crippen LogP contribution in [0.1, 0.15) is 12.5 Å². The number of halogens is 1. The monoisotopic (exact) mass is 288 g/mol. The van der Waals surface area contributed by atoms with Gasteiger partial charge in [0.15, 0.2) is 0 Å². The lowest BCUT2D eigenvalue weighted by molar-refractivity contribution is 0.801. The molecule has 1 atom stereocenters. The van der Waals surface area contributed by atoms with Crippen LogP contribution in [0, 0.1) is 0 Å². The van der Waals surface area contributed by atoms with Crippen molar-refractivity contribution in [2.75, 3.05) is 11.9 Å². The second-order valence-electron chi connectivity index (χ2n) is 3.13. The second-order valence-corrected chi connectivity index (χ2v) is 3.13. The minimum atomic E-state index is 0. The van der Waals surface area contributed by atoms with Gasteiger partial charge in [0.2, 0.25) is 0 Å². The third-order valence-corrected chi connectivity index (χ3v) is 2.32. The maximum atomic E-state index is 4.33. The van der Waals surface area contributed by atoms with Crippen LogP contribution < -0.4 is 4.90 Å². The van der Waals surface area contributed by atoms with Gasteiger partial charge in [0.25, 0.3) is 0 Å². The number of hydrogen-bond acceptors (Lipinski definition) is 2. The molecule has 0 spiro atoms. The Kier molecular flexibility index (Phi) is 3.30. The van der Waals surface area contributed by atoms with Crippen LogP contribution in [0.3, 0.4) is 0 Å². The van der Waals surface area contributed by atoms with Gasteiger partial charge in [-0.2, -0.15) is 0 Å². The Morgan fingerprint density at radius 1 is 1.46 bits per heavy atom. The summed E-state index contributed by atoms with van der Waals surface area (Å²) in [5.74, 6) is 1.08. The molecule has 0 aromatic carbocycles. The van der Waals surface area contributed by atoms with Crippen molar-refractivity contribution in [1.82, 2.24) is 4.98 Å². The smallest absolute Gasteiger partial charge is 0.136 e. The molecule has 1 aliphatic rings. The van der Waals surface area contributed by atoms with Crippen LogP contribution in [-0.4, -0.2) is 18.1 Å². The third kappa shape index (κ3) is 1.85.